The first-order valence-corrected chi connectivity index (χ1v) is 9.67. The zero-order valence-electron chi connectivity index (χ0n) is 17.4. The Morgan fingerprint density at radius 3 is 2.19 bits per heavy atom. The minimum atomic E-state index is -1.26. The lowest BCUT2D eigenvalue weighted by molar-refractivity contribution is -0.119. The Labute approximate surface area is 183 Å². The molecule has 162 valence electrons. The molecule has 0 saturated carbocycles. The van der Waals surface area contributed by atoms with Gasteiger partial charge in [0.2, 0.25) is 11.8 Å². The summed E-state index contributed by atoms with van der Waals surface area (Å²) in [7, 11) is 0. The van der Waals surface area contributed by atoms with Crippen LogP contribution in [0.1, 0.15) is 40.1 Å². The Morgan fingerprint density at radius 2 is 1.50 bits per heavy atom. The van der Waals surface area contributed by atoms with Gasteiger partial charge in [-0.05, 0) is 53.1 Å². The molecular formula is C24H21N3O5. The number of nitrogens with one attached hydrogen (secondary N) is 3. The van der Waals surface area contributed by atoms with Gasteiger partial charge in [-0.2, -0.15) is 0 Å². The van der Waals surface area contributed by atoms with Crippen LogP contribution in [0.25, 0.3) is 16.3 Å². The predicted octanol–water partition coefficient (Wildman–Crippen LogP) is 3.36. The molecule has 0 fully saturated rings. The number of hydrogen-bond donors (Lipinski definition) is 4. The molecule has 0 aliphatic rings. The van der Waals surface area contributed by atoms with Crippen LogP contribution in [-0.4, -0.2) is 28.8 Å². The molecule has 32 heavy (non-hydrogen) atoms. The maximum absolute atomic E-state index is 12.6. The number of carbonyl (C=O) groups is 4. The van der Waals surface area contributed by atoms with Crippen molar-refractivity contribution in [3.8, 4) is 0 Å². The van der Waals surface area contributed by atoms with Crippen LogP contribution in [0.3, 0.4) is 0 Å². The average Bonchev–Trinajstić information content (AvgIpc) is 2.76. The Balaban J connectivity index is 1.84. The lowest BCUT2D eigenvalue weighted by Crippen LogP contribution is -2.40. The average molecular weight is 431 g/mol. The standard InChI is InChI=1S/C24H21N3O5/c1-14(17-8-7-16-5-3-4-6-18(16)12-17)11-22(29)25-21-13-19(9-10-20(21)24(31)32)23(30)27-26-15(2)28/h3-13H,1-2H3,(H,25,29)(H,26,28)(H,27,30)(H,31,32)/b14-11-. The molecule has 3 aromatic rings. The number of amides is 3. The maximum atomic E-state index is 12.6. The summed E-state index contributed by atoms with van der Waals surface area (Å²) < 4.78 is 0. The van der Waals surface area contributed by atoms with Gasteiger partial charge < -0.3 is 10.4 Å². The highest BCUT2D eigenvalue weighted by molar-refractivity contribution is 6.08. The fourth-order valence-electron chi connectivity index (χ4n) is 3.08. The smallest absolute Gasteiger partial charge is 0.337 e. The van der Waals surface area contributed by atoms with Crippen LogP contribution >= 0.6 is 0 Å². The minimum absolute atomic E-state index is 0.0412. The van der Waals surface area contributed by atoms with Gasteiger partial charge in [0.1, 0.15) is 0 Å². The van der Waals surface area contributed by atoms with Crippen LogP contribution in [0.4, 0.5) is 5.69 Å². The second-order valence-corrected chi connectivity index (χ2v) is 7.08. The van der Waals surface area contributed by atoms with E-state index in [2.05, 4.69) is 16.2 Å². The van der Waals surface area contributed by atoms with Gasteiger partial charge in [0, 0.05) is 18.6 Å². The van der Waals surface area contributed by atoms with Gasteiger partial charge in [-0.1, -0.05) is 36.4 Å². The molecule has 3 amide bonds. The number of carboxylic acid groups (broad SMARTS) is 1. The van der Waals surface area contributed by atoms with Crippen LogP contribution in [0.5, 0.6) is 0 Å². The molecule has 0 radical (unpaired) electrons. The second kappa shape index (κ2) is 9.57. The fraction of sp³-hybridized carbons (Fsp3) is 0.0833. The number of fused-ring (bicyclic) bond motifs is 1. The SMILES string of the molecule is CC(=O)NNC(=O)c1ccc(C(=O)O)c(NC(=O)/C=C(/C)c2ccc3ccccc3c2)c1. The number of rotatable bonds is 5. The summed E-state index contributed by atoms with van der Waals surface area (Å²) in [5.41, 5.74) is 5.71. The molecule has 3 aromatic carbocycles. The molecule has 0 atom stereocenters. The molecule has 0 aromatic heterocycles. The van der Waals surface area contributed by atoms with Gasteiger partial charge in [0.05, 0.1) is 11.3 Å². The van der Waals surface area contributed by atoms with Crippen molar-refractivity contribution in [3.63, 3.8) is 0 Å². The van der Waals surface area contributed by atoms with E-state index in [1.807, 2.05) is 42.5 Å². The summed E-state index contributed by atoms with van der Waals surface area (Å²) in [5, 5.41) is 14.1. The lowest BCUT2D eigenvalue weighted by atomic mass is 10.0. The Kier molecular flexibility index (Phi) is 6.65. The Bertz CT molecular complexity index is 1260. The largest absolute Gasteiger partial charge is 0.478 e. The zero-order valence-corrected chi connectivity index (χ0v) is 17.4. The van der Waals surface area contributed by atoms with Crippen LogP contribution in [0.2, 0.25) is 0 Å². The third kappa shape index (κ3) is 5.37. The molecule has 0 aliphatic heterocycles. The quantitative estimate of drug-likeness (QED) is 0.364. The summed E-state index contributed by atoms with van der Waals surface area (Å²) in [4.78, 5) is 47.2. The van der Waals surface area contributed by atoms with E-state index in [0.29, 0.717) is 5.57 Å². The number of hydrazine groups is 1. The topological polar surface area (TPSA) is 125 Å². The van der Waals surface area contributed by atoms with Crippen molar-refractivity contribution in [2.24, 2.45) is 0 Å². The zero-order chi connectivity index (χ0) is 23.3. The number of benzene rings is 3. The van der Waals surface area contributed by atoms with Gasteiger partial charge in [0.15, 0.2) is 0 Å². The molecule has 8 heteroatoms. The van der Waals surface area contributed by atoms with Gasteiger partial charge in [-0.25, -0.2) is 4.79 Å². The number of carbonyl (C=O) groups excluding carboxylic acids is 3. The molecule has 0 heterocycles. The lowest BCUT2D eigenvalue weighted by Gasteiger charge is -2.11. The number of anilines is 1. The predicted molar refractivity (Wildman–Crippen MR) is 121 cm³/mol. The van der Waals surface area contributed by atoms with Crippen molar-refractivity contribution in [1.29, 1.82) is 0 Å². The van der Waals surface area contributed by atoms with Crippen molar-refractivity contribution in [2.75, 3.05) is 5.32 Å². The first-order valence-electron chi connectivity index (χ1n) is 9.67. The van der Waals surface area contributed by atoms with E-state index in [4.69, 9.17) is 0 Å². The molecular weight excluding hydrogens is 410 g/mol. The molecule has 3 rings (SSSR count). The summed E-state index contributed by atoms with van der Waals surface area (Å²) >= 11 is 0. The third-order valence-electron chi connectivity index (χ3n) is 4.67. The summed E-state index contributed by atoms with van der Waals surface area (Å²) in [5.74, 6) is -2.93. The number of hydrogen-bond acceptors (Lipinski definition) is 4. The molecule has 8 nitrogen and oxygen atoms in total. The van der Waals surface area contributed by atoms with Crippen molar-refractivity contribution in [2.45, 2.75) is 13.8 Å². The first-order chi connectivity index (χ1) is 15.2. The molecule has 0 saturated heterocycles. The Morgan fingerprint density at radius 1 is 0.812 bits per heavy atom. The minimum Gasteiger partial charge on any atom is -0.478 e. The van der Waals surface area contributed by atoms with E-state index in [1.54, 1.807) is 6.92 Å². The third-order valence-corrected chi connectivity index (χ3v) is 4.67. The van der Waals surface area contributed by atoms with Crippen molar-refractivity contribution < 1.29 is 24.3 Å². The van der Waals surface area contributed by atoms with E-state index in [-0.39, 0.29) is 16.8 Å². The summed E-state index contributed by atoms with van der Waals surface area (Å²) in [6.07, 6.45) is 1.36. The van der Waals surface area contributed by atoms with Gasteiger partial charge in [0.25, 0.3) is 5.91 Å². The summed E-state index contributed by atoms with van der Waals surface area (Å²) in [6.45, 7) is 3.00. The van der Waals surface area contributed by atoms with E-state index in [0.717, 1.165) is 16.3 Å². The van der Waals surface area contributed by atoms with E-state index in [1.165, 1.54) is 31.2 Å². The molecule has 4 N–H and O–H groups in total. The molecule has 0 unspecified atom stereocenters. The van der Waals surface area contributed by atoms with Crippen LogP contribution in [-0.2, 0) is 9.59 Å². The number of allylic oxidation sites excluding steroid dienone is 1. The van der Waals surface area contributed by atoms with Gasteiger partial charge in [-0.3, -0.25) is 25.2 Å². The van der Waals surface area contributed by atoms with Crippen LogP contribution < -0.4 is 16.2 Å². The van der Waals surface area contributed by atoms with Crippen molar-refractivity contribution in [1.82, 2.24) is 10.9 Å². The van der Waals surface area contributed by atoms with Crippen LogP contribution in [0.15, 0.2) is 66.7 Å². The second-order valence-electron chi connectivity index (χ2n) is 7.08. The highest BCUT2D eigenvalue weighted by Crippen LogP contribution is 2.22. The monoisotopic (exact) mass is 431 g/mol. The van der Waals surface area contributed by atoms with Crippen molar-refractivity contribution in [3.05, 3.63) is 83.4 Å². The van der Waals surface area contributed by atoms with E-state index >= 15 is 0 Å². The van der Waals surface area contributed by atoms with Crippen molar-refractivity contribution >= 4 is 45.7 Å². The number of carboxylic acids is 1. The van der Waals surface area contributed by atoms with E-state index in [9.17, 15) is 24.3 Å². The summed E-state index contributed by atoms with van der Waals surface area (Å²) in [6, 6.07) is 17.4. The fourth-order valence-corrected chi connectivity index (χ4v) is 3.08. The van der Waals surface area contributed by atoms with E-state index < -0.39 is 23.7 Å². The molecule has 0 spiro atoms. The molecule has 0 bridgehead atoms. The Hall–Kier alpha value is -4.46. The highest BCUT2D eigenvalue weighted by atomic mass is 16.4. The number of aromatic carboxylic acids is 1. The molecule has 0 aliphatic carbocycles. The van der Waals surface area contributed by atoms with Crippen LogP contribution in [0, 0.1) is 0 Å². The highest BCUT2D eigenvalue weighted by Gasteiger charge is 2.16. The van der Waals surface area contributed by atoms with Gasteiger partial charge >= 0.3 is 5.97 Å². The normalized spacial score (nSPS) is 11.0. The first kappa shape index (κ1) is 22.2. The van der Waals surface area contributed by atoms with Gasteiger partial charge in [-0.15, -0.1) is 0 Å². The maximum Gasteiger partial charge on any atom is 0.337 e.